The number of aliphatic carboxylic acids is 1. The SMILES string of the molecule is C=C1C[C@]23CC1CC[C@H]2[C@@]12CC(C)(C)[C@H](O)[C@@](C)(C(=O)O1)[C@H]2[C@@H]3C(=O)O. The van der Waals surface area contributed by atoms with Crippen LogP contribution in [0.3, 0.4) is 0 Å². The molecule has 0 amide bonds. The number of aliphatic hydroxyl groups is 1. The van der Waals surface area contributed by atoms with Crippen LogP contribution in [-0.2, 0) is 14.3 Å². The first kappa shape index (κ1) is 16.8. The average Bonchev–Trinajstić information content (AvgIpc) is 2.99. The van der Waals surface area contributed by atoms with Crippen molar-refractivity contribution in [1.29, 1.82) is 0 Å². The molecular formula is C21H28O5. The molecule has 5 fully saturated rings. The number of carboxylic acids is 1. The van der Waals surface area contributed by atoms with Gasteiger partial charge in [0.1, 0.15) is 5.60 Å². The third-order valence-electron chi connectivity index (χ3n) is 9.00. The Hall–Kier alpha value is -1.36. The topological polar surface area (TPSA) is 83.8 Å². The summed E-state index contributed by atoms with van der Waals surface area (Å²) in [5, 5.41) is 21.4. The highest BCUT2D eigenvalue weighted by atomic mass is 16.6. The third kappa shape index (κ3) is 1.48. The first-order valence-electron chi connectivity index (χ1n) is 9.83. The van der Waals surface area contributed by atoms with Crippen molar-refractivity contribution >= 4 is 11.9 Å². The van der Waals surface area contributed by atoms with E-state index in [0.29, 0.717) is 12.3 Å². The summed E-state index contributed by atoms with van der Waals surface area (Å²) >= 11 is 0. The number of allylic oxidation sites excluding steroid dienone is 1. The van der Waals surface area contributed by atoms with Gasteiger partial charge in [0.15, 0.2) is 0 Å². The van der Waals surface area contributed by atoms with Gasteiger partial charge in [0.2, 0.25) is 0 Å². The van der Waals surface area contributed by atoms with Crippen molar-refractivity contribution in [3.05, 3.63) is 12.2 Å². The molecule has 26 heavy (non-hydrogen) atoms. The second-order valence-corrected chi connectivity index (χ2v) is 10.6. The Morgan fingerprint density at radius 2 is 1.96 bits per heavy atom. The van der Waals surface area contributed by atoms with Crippen molar-refractivity contribution in [2.45, 2.75) is 64.6 Å². The lowest BCUT2D eigenvalue weighted by molar-refractivity contribution is -0.164. The maximum absolute atomic E-state index is 13.0. The molecule has 1 aliphatic heterocycles. The van der Waals surface area contributed by atoms with Crippen LogP contribution in [0.2, 0.25) is 0 Å². The van der Waals surface area contributed by atoms with Crippen molar-refractivity contribution in [3.63, 3.8) is 0 Å². The van der Waals surface area contributed by atoms with Crippen molar-refractivity contribution in [1.82, 2.24) is 0 Å². The molecule has 0 radical (unpaired) electrons. The molecule has 1 unspecified atom stereocenters. The summed E-state index contributed by atoms with van der Waals surface area (Å²) in [6.45, 7) is 9.96. The van der Waals surface area contributed by atoms with Crippen LogP contribution in [-0.4, -0.2) is 33.9 Å². The van der Waals surface area contributed by atoms with E-state index in [1.165, 1.54) is 5.57 Å². The first-order valence-corrected chi connectivity index (χ1v) is 9.83. The smallest absolute Gasteiger partial charge is 0.315 e. The maximum Gasteiger partial charge on any atom is 0.315 e. The maximum atomic E-state index is 13.0. The Kier molecular flexibility index (Phi) is 2.82. The van der Waals surface area contributed by atoms with Crippen molar-refractivity contribution in [2.24, 2.45) is 39.9 Å². The van der Waals surface area contributed by atoms with Gasteiger partial charge < -0.3 is 14.9 Å². The summed E-state index contributed by atoms with van der Waals surface area (Å²) in [5.41, 5.74) is -1.61. The fourth-order valence-electron chi connectivity index (χ4n) is 8.44. The molecule has 5 rings (SSSR count). The van der Waals surface area contributed by atoms with Gasteiger partial charge >= 0.3 is 11.9 Å². The van der Waals surface area contributed by atoms with E-state index in [0.717, 1.165) is 25.7 Å². The van der Waals surface area contributed by atoms with Crippen LogP contribution < -0.4 is 0 Å². The quantitative estimate of drug-likeness (QED) is 0.555. The molecule has 4 aliphatic carbocycles. The van der Waals surface area contributed by atoms with Crippen LogP contribution in [0.15, 0.2) is 12.2 Å². The fourth-order valence-corrected chi connectivity index (χ4v) is 8.44. The number of hydrogen-bond acceptors (Lipinski definition) is 4. The lowest BCUT2D eigenvalue weighted by atomic mass is 9.51. The van der Waals surface area contributed by atoms with Crippen molar-refractivity contribution in [2.75, 3.05) is 0 Å². The number of ether oxygens (including phenoxy) is 1. The Morgan fingerprint density at radius 3 is 2.62 bits per heavy atom. The van der Waals surface area contributed by atoms with Crippen LogP contribution in [0.25, 0.3) is 0 Å². The van der Waals surface area contributed by atoms with Crippen LogP contribution in [0.5, 0.6) is 0 Å². The van der Waals surface area contributed by atoms with Gasteiger partial charge in [0.05, 0.1) is 17.4 Å². The highest BCUT2D eigenvalue weighted by Gasteiger charge is 2.85. The van der Waals surface area contributed by atoms with Gasteiger partial charge in [-0.3, -0.25) is 9.59 Å². The average molecular weight is 360 g/mol. The molecular weight excluding hydrogens is 332 g/mol. The summed E-state index contributed by atoms with van der Waals surface area (Å²) in [7, 11) is 0. The molecule has 5 nitrogen and oxygen atoms in total. The molecule has 4 saturated carbocycles. The molecule has 5 aliphatic rings. The first-order chi connectivity index (χ1) is 12.0. The monoisotopic (exact) mass is 360 g/mol. The van der Waals surface area contributed by atoms with Gasteiger partial charge in [-0.2, -0.15) is 0 Å². The summed E-state index contributed by atoms with van der Waals surface area (Å²) < 4.78 is 6.14. The van der Waals surface area contributed by atoms with E-state index in [-0.39, 0.29) is 11.3 Å². The molecule has 1 heterocycles. The van der Waals surface area contributed by atoms with Gasteiger partial charge in [-0.05, 0) is 55.8 Å². The molecule has 142 valence electrons. The molecule has 0 aromatic rings. The summed E-state index contributed by atoms with van der Waals surface area (Å²) in [4.78, 5) is 25.6. The van der Waals surface area contributed by atoms with Gasteiger partial charge in [-0.15, -0.1) is 0 Å². The van der Waals surface area contributed by atoms with E-state index in [4.69, 9.17) is 4.74 Å². The molecule has 4 bridgehead atoms. The minimum atomic E-state index is -1.16. The van der Waals surface area contributed by atoms with E-state index in [1.54, 1.807) is 6.92 Å². The summed E-state index contributed by atoms with van der Waals surface area (Å²) in [6.07, 6.45) is 3.10. The molecule has 1 saturated heterocycles. The Bertz CT molecular complexity index is 756. The third-order valence-corrected chi connectivity index (χ3v) is 9.00. The molecule has 2 N–H and O–H groups in total. The van der Waals surface area contributed by atoms with Crippen molar-refractivity contribution < 1.29 is 24.5 Å². The number of carbonyl (C=O) groups excluding carboxylic acids is 1. The minimum Gasteiger partial charge on any atom is -0.481 e. The number of carbonyl (C=O) groups is 2. The lowest BCUT2D eigenvalue weighted by Crippen LogP contribution is -2.60. The Labute approximate surface area is 153 Å². The van der Waals surface area contributed by atoms with Gasteiger partial charge in [-0.1, -0.05) is 26.0 Å². The Morgan fingerprint density at radius 1 is 1.27 bits per heavy atom. The summed E-state index contributed by atoms with van der Waals surface area (Å²) in [6, 6.07) is 0. The standard InChI is InChI=1S/C21H28O5/c1-10-7-20-8-11(10)5-6-12(20)21-9-18(2,3)16(24)19(4,17(25)26-21)14(21)13(20)15(22)23/h11-14,16,24H,1,5-9H2,2-4H3,(H,22,23)/t11?,12-,13-,14-,16+,19+,20+,21-/m1/s1. The normalized spacial score (nSPS) is 56.1. The number of fused-ring (bicyclic) bond motifs is 1. The molecule has 1 spiro atoms. The van der Waals surface area contributed by atoms with E-state index in [2.05, 4.69) is 6.58 Å². The zero-order valence-corrected chi connectivity index (χ0v) is 15.7. The van der Waals surface area contributed by atoms with Gasteiger partial charge in [0, 0.05) is 11.8 Å². The number of esters is 1. The van der Waals surface area contributed by atoms with Crippen LogP contribution in [0.1, 0.15) is 52.9 Å². The second-order valence-electron chi connectivity index (χ2n) is 10.6. The van der Waals surface area contributed by atoms with Crippen LogP contribution in [0.4, 0.5) is 0 Å². The highest BCUT2D eigenvalue weighted by Crippen LogP contribution is 2.79. The molecule has 0 aromatic heterocycles. The van der Waals surface area contributed by atoms with Crippen LogP contribution in [0, 0.1) is 39.9 Å². The number of aliphatic hydroxyl groups excluding tert-OH is 1. The van der Waals surface area contributed by atoms with Crippen molar-refractivity contribution in [3.8, 4) is 0 Å². The Balaban J connectivity index is 1.78. The lowest BCUT2D eigenvalue weighted by Gasteiger charge is -2.51. The zero-order chi connectivity index (χ0) is 18.9. The number of hydrogen-bond donors (Lipinski definition) is 2. The minimum absolute atomic E-state index is 0.0501. The zero-order valence-electron chi connectivity index (χ0n) is 15.7. The predicted octanol–water partition coefficient (Wildman–Crippen LogP) is 2.77. The second kappa shape index (κ2) is 4.37. The number of rotatable bonds is 1. The van der Waals surface area contributed by atoms with Gasteiger partial charge in [-0.25, -0.2) is 0 Å². The molecule has 8 atom stereocenters. The van der Waals surface area contributed by atoms with Gasteiger partial charge in [0.25, 0.3) is 0 Å². The summed E-state index contributed by atoms with van der Waals surface area (Å²) in [5.74, 6) is -1.91. The van der Waals surface area contributed by atoms with E-state index in [1.807, 2.05) is 13.8 Å². The van der Waals surface area contributed by atoms with E-state index < -0.39 is 46.3 Å². The largest absolute Gasteiger partial charge is 0.481 e. The molecule has 5 heteroatoms. The predicted molar refractivity (Wildman–Crippen MR) is 93.0 cm³/mol. The van der Waals surface area contributed by atoms with Crippen LogP contribution >= 0.6 is 0 Å². The fraction of sp³-hybridized carbons (Fsp3) is 0.810. The number of carboxylic acid groups (broad SMARTS) is 1. The van der Waals surface area contributed by atoms with E-state index in [9.17, 15) is 19.8 Å². The highest BCUT2D eigenvalue weighted by molar-refractivity contribution is 5.85. The van der Waals surface area contributed by atoms with E-state index >= 15 is 0 Å². The molecule has 0 aromatic carbocycles.